The lowest BCUT2D eigenvalue weighted by atomic mass is 9.83. The van der Waals surface area contributed by atoms with Gasteiger partial charge in [-0.3, -0.25) is 4.98 Å². The van der Waals surface area contributed by atoms with Crippen molar-refractivity contribution in [2.45, 2.75) is 32.6 Å². The van der Waals surface area contributed by atoms with Crippen molar-refractivity contribution >= 4 is 22.6 Å². The number of anilines is 1. The highest BCUT2D eigenvalue weighted by Gasteiger charge is 2.18. The molecule has 5 rings (SSSR count). The molecular formula is C21H23N7. The number of aromatic nitrogens is 6. The Labute approximate surface area is 163 Å². The number of nitrogens with one attached hydrogen (secondary N) is 1. The van der Waals surface area contributed by atoms with E-state index in [1.165, 1.54) is 25.7 Å². The largest absolute Gasteiger partial charge is 0.353 e. The second-order valence-corrected chi connectivity index (χ2v) is 7.77. The molecule has 1 N–H and O–H groups in total. The molecule has 7 nitrogen and oxygen atoms in total. The highest BCUT2D eigenvalue weighted by molar-refractivity contribution is 5.84. The standard InChI is InChI=1S/C21H23N7/c1-14-2-4-15(5-3-14)11-25-21-26-13-19-17(6-9-28(19)27-21)16-10-18-20(24-12-16)23-8-7-22-18/h6-10,12-15H,2-5,11H2,1H3,(H,25,27). The summed E-state index contributed by atoms with van der Waals surface area (Å²) >= 11 is 0. The summed E-state index contributed by atoms with van der Waals surface area (Å²) in [7, 11) is 0. The van der Waals surface area contributed by atoms with Crippen LogP contribution in [0.1, 0.15) is 32.6 Å². The summed E-state index contributed by atoms with van der Waals surface area (Å²) in [5.74, 6) is 2.27. The molecule has 1 saturated carbocycles. The van der Waals surface area contributed by atoms with E-state index in [1.807, 2.05) is 35.2 Å². The molecule has 1 aliphatic carbocycles. The van der Waals surface area contributed by atoms with Crippen molar-refractivity contribution in [3.8, 4) is 11.1 Å². The summed E-state index contributed by atoms with van der Waals surface area (Å²) in [6.45, 7) is 3.29. The molecule has 1 fully saturated rings. The minimum atomic E-state index is 0.648. The van der Waals surface area contributed by atoms with Gasteiger partial charge in [0.2, 0.25) is 5.95 Å². The van der Waals surface area contributed by atoms with Crippen molar-refractivity contribution in [2.75, 3.05) is 11.9 Å². The smallest absolute Gasteiger partial charge is 0.241 e. The molecular weight excluding hydrogens is 350 g/mol. The molecule has 0 radical (unpaired) electrons. The molecule has 4 aromatic heterocycles. The lowest BCUT2D eigenvalue weighted by Gasteiger charge is -2.26. The molecule has 7 heteroatoms. The van der Waals surface area contributed by atoms with Crippen LogP contribution in [0.5, 0.6) is 0 Å². The van der Waals surface area contributed by atoms with Crippen LogP contribution in [-0.4, -0.2) is 36.1 Å². The van der Waals surface area contributed by atoms with Gasteiger partial charge in [0, 0.05) is 42.5 Å². The van der Waals surface area contributed by atoms with Crippen LogP contribution in [0.15, 0.2) is 43.1 Å². The average molecular weight is 373 g/mol. The number of fused-ring (bicyclic) bond motifs is 2. The van der Waals surface area contributed by atoms with E-state index in [-0.39, 0.29) is 0 Å². The van der Waals surface area contributed by atoms with Gasteiger partial charge in [0.1, 0.15) is 5.52 Å². The maximum Gasteiger partial charge on any atom is 0.241 e. The molecule has 0 aliphatic heterocycles. The lowest BCUT2D eigenvalue weighted by Crippen LogP contribution is -2.21. The van der Waals surface area contributed by atoms with E-state index >= 15 is 0 Å². The summed E-state index contributed by atoms with van der Waals surface area (Å²) in [6, 6.07) is 4.04. The number of nitrogens with zero attached hydrogens (tertiary/aromatic N) is 6. The Morgan fingerprint density at radius 2 is 1.89 bits per heavy atom. The van der Waals surface area contributed by atoms with Gasteiger partial charge in [0.15, 0.2) is 5.65 Å². The molecule has 0 saturated heterocycles. The summed E-state index contributed by atoms with van der Waals surface area (Å²) in [5, 5.41) is 8.05. The summed E-state index contributed by atoms with van der Waals surface area (Å²) in [4.78, 5) is 17.5. The van der Waals surface area contributed by atoms with Crippen LogP contribution >= 0.6 is 0 Å². The number of hydrogen-bond donors (Lipinski definition) is 1. The Morgan fingerprint density at radius 1 is 1.04 bits per heavy atom. The van der Waals surface area contributed by atoms with Crippen molar-refractivity contribution in [2.24, 2.45) is 11.8 Å². The zero-order valence-electron chi connectivity index (χ0n) is 15.9. The first-order chi connectivity index (χ1) is 13.8. The Hall–Kier alpha value is -3.09. The zero-order chi connectivity index (χ0) is 18.9. The van der Waals surface area contributed by atoms with Crippen molar-refractivity contribution in [1.82, 2.24) is 29.5 Å². The van der Waals surface area contributed by atoms with E-state index < -0.39 is 0 Å². The van der Waals surface area contributed by atoms with E-state index in [1.54, 1.807) is 12.4 Å². The molecule has 1 aliphatic rings. The average Bonchev–Trinajstić information content (AvgIpc) is 3.16. The summed E-state index contributed by atoms with van der Waals surface area (Å²) in [5.41, 5.74) is 4.39. The molecule has 142 valence electrons. The molecule has 0 unspecified atom stereocenters. The fourth-order valence-corrected chi connectivity index (χ4v) is 4.00. The third kappa shape index (κ3) is 3.28. The summed E-state index contributed by atoms with van der Waals surface area (Å²) in [6.07, 6.45) is 14.2. The molecule has 28 heavy (non-hydrogen) atoms. The second kappa shape index (κ2) is 7.14. The molecule has 0 amide bonds. The fraction of sp³-hybridized carbons (Fsp3) is 0.381. The third-order valence-corrected chi connectivity index (χ3v) is 5.74. The van der Waals surface area contributed by atoms with Crippen LogP contribution in [0.25, 0.3) is 27.8 Å². The summed E-state index contributed by atoms with van der Waals surface area (Å²) < 4.78 is 1.87. The fourth-order valence-electron chi connectivity index (χ4n) is 4.00. The molecule has 0 aromatic carbocycles. The second-order valence-electron chi connectivity index (χ2n) is 7.77. The van der Waals surface area contributed by atoms with Gasteiger partial charge in [-0.2, -0.15) is 0 Å². The maximum absolute atomic E-state index is 4.63. The minimum Gasteiger partial charge on any atom is -0.353 e. The van der Waals surface area contributed by atoms with Crippen LogP contribution in [-0.2, 0) is 0 Å². The molecule has 0 spiro atoms. The first kappa shape index (κ1) is 17.0. The van der Waals surface area contributed by atoms with Gasteiger partial charge in [0.05, 0.1) is 11.7 Å². The lowest BCUT2D eigenvalue weighted by molar-refractivity contribution is 0.300. The van der Waals surface area contributed by atoms with Gasteiger partial charge in [-0.15, -0.1) is 5.10 Å². The van der Waals surface area contributed by atoms with E-state index in [0.717, 1.165) is 40.5 Å². The Balaban J connectivity index is 1.37. The normalized spacial score (nSPS) is 19.9. The first-order valence-corrected chi connectivity index (χ1v) is 9.91. The number of hydrogen-bond acceptors (Lipinski definition) is 6. The van der Waals surface area contributed by atoms with E-state index in [2.05, 4.69) is 37.3 Å². The Bertz CT molecular complexity index is 1110. The van der Waals surface area contributed by atoms with E-state index in [9.17, 15) is 0 Å². The topological polar surface area (TPSA) is 80.9 Å². The number of rotatable bonds is 4. The monoisotopic (exact) mass is 373 g/mol. The number of pyridine rings is 1. The van der Waals surface area contributed by atoms with Crippen molar-refractivity contribution < 1.29 is 0 Å². The molecule has 0 bridgehead atoms. The van der Waals surface area contributed by atoms with Crippen LogP contribution in [0.4, 0.5) is 5.95 Å². The Morgan fingerprint density at radius 3 is 2.79 bits per heavy atom. The molecule has 0 atom stereocenters. The van der Waals surface area contributed by atoms with Crippen LogP contribution in [0, 0.1) is 11.8 Å². The van der Waals surface area contributed by atoms with Gasteiger partial charge < -0.3 is 5.32 Å². The highest BCUT2D eigenvalue weighted by atomic mass is 15.3. The first-order valence-electron chi connectivity index (χ1n) is 9.91. The predicted octanol–water partition coefficient (Wildman–Crippen LogP) is 3.97. The minimum absolute atomic E-state index is 0.648. The molecule has 4 aromatic rings. The Kier molecular flexibility index (Phi) is 4.35. The predicted molar refractivity (Wildman–Crippen MR) is 109 cm³/mol. The van der Waals surface area contributed by atoms with Gasteiger partial charge in [-0.1, -0.05) is 19.8 Å². The maximum atomic E-state index is 4.63. The third-order valence-electron chi connectivity index (χ3n) is 5.74. The van der Waals surface area contributed by atoms with Crippen LogP contribution < -0.4 is 5.32 Å². The van der Waals surface area contributed by atoms with Crippen LogP contribution in [0.3, 0.4) is 0 Å². The van der Waals surface area contributed by atoms with Crippen molar-refractivity contribution in [1.29, 1.82) is 0 Å². The van der Waals surface area contributed by atoms with Gasteiger partial charge in [0.25, 0.3) is 0 Å². The van der Waals surface area contributed by atoms with Gasteiger partial charge in [-0.05, 0) is 36.8 Å². The van der Waals surface area contributed by atoms with E-state index in [0.29, 0.717) is 11.6 Å². The van der Waals surface area contributed by atoms with Crippen molar-refractivity contribution in [3.63, 3.8) is 0 Å². The molecule has 4 heterocycles. The van der Waals surface area contributed by atoms with E-state index in [4.69, 9.17) is 0 Å². The quantitative estimate of drug-likeness (QED) is 0.583. The van der Waals surface area contributed by atoms with Gasteiger partial charge >= 0.3 is 0 Å². The van der Waals surface area contributed by atoms with Gasteiger partial charge in [-0.25, -0.2) is 19.5 Å². The van der Waals surface area contributed by atoms with Crippen molar-refractivity contribution in [3.05, 3.63) is 43.1 Å². The highest BCUT2D eigenvalue weighted by Crippen LogP contribution is 2.29. The van der Waals surface area contributed by atoms with Crippen LogP contribution in [0.2, 0.25) is 0 Å². The zero-order valence-corrected chi connectivity index (χ0v) is 15.9. The SMILES string of the molecule is CC1CCC(CNc2ncc3c(-c4cnc5nccnc5c4)ccn3n2)CC1.